The molecule has 0 saturated carbocycles. The fourth-order valence-corrected chi connectivity index (χ4v) is 2.88. The number of halogens is 1. The SMILES string of the molecule is CCOc1cc(CNC(C(=O)O)C(C)C)c(Cl)cc1OCc1ccccc1. The maximum Gasteiger partial charge on any atom is 0.320 e. The molecule has 27 heavy (non-hydrogen) atoms. The van der Waals surface area contributed by atoms with Gasteiger partial charge in [0, 0.05) is 17.6 Å². The lowest BCUT2D eigenvalue weighted by molar-refractivity contribution is -0.140. The normalized spacial score (nSPS) is 12.0. The summed E-state index contributed by atoms with van der Waals surface area (Å²) in [5.74, 6) is 0.231. The van der Waals surface area contributed by atoms with Gasteiger partial charge >= 0.3 is 5.97 Å². The van der Waals surface area contributed by atoms with Gasteiger partial charge in [-0.3, -0.25) is 4.79 Å². The molecule has 0 aliphatic carbocycles. The zero-order valence-corrected chi connectivity index (χ0v) is 16.6. The monoisotopic (exact) mass is 391 g/mol. The number of carbonyl (C=O) groups is 1. The second-order valence-electron chi connectivity index (χ2n) is 6.54. The Morgan fingerprint density at radius 3 is 2.41 bits per heavy atom. The first kappa shape index (κ1) is 21.1. The predicted octanol–water partition coefficient (Wildman–Crippen LogP) is 4.52. The highest BCUT2D eigenvalue weighted by atomic mass is 35.5. The molecule has 0 aromatic heterocycles. The standard InChI is InChI=1S/C21H26ClNO4/c1-4-26-18-10-16(12-23-20(14(2)3)21(24)25)17(22)11-19(18)27-13-15-8-6-5-7-9-15/h5-11,14,20,23H,4,12-13H2,1-3H3,(H,24,25). The van der Waals surface area contributed by atoms with Crippen LogP contribution in [-0.4, -0.2) is 23.7 Å². The Morgan fingerprint density at radius 1 is 1.15 bits per heavy atom. The summed E-state index contributed by atoms with van der Waals surface area (Å²) in [7, 11) is 0. The maximum atomic E-state index is 11.4. The van der Waals surface area contributed by atoms with Crippen LogP contribution in [0.2, 0.25) is 5.02 Å². The van der Waals surface area contributed by atoms with E-state index in [-0.39, 0.29) is 5.92 Å². The Kier molecular flexibility index (Phi) is 7.95. The van der Waals surface area contributed by atoms with Crippen molar-refractivity contribution >= 4 is 17.6 Å². The Labute approximate surface area is 165 Å². The lowest BCUT2D eigenvalue weighted by Crippen LogP contribution is -2.40. The molecule has 0 bridgehead atoms. The molecule has 6 heteroatoms. The van der Waals surface area contributed by atoms with Crippen molar-refractivity contribution in [1.82, 2.24) is 5.32 Å². The highest BCUT2D eigenvalue weighted by molar-refractivity contribution is 6.31. The molecule has 0 radical (unpaired) electrons. The summed E-state index contributed by atoms with van der Waals surface area (Å²) >= 11 is 6.40. The molecule has 0 aliphatic heterocycles. The van der Waals surface area contributed by atoms with Gasteiger partial charge in [-0.25, -0.2) is 0 Å². The van der Waals surface area contributed by atoms with Crippen molar-refractivity contribution in [3.8, 4) is 11.5 Å². The van der Waals surface area contributed by atoms with Crippen LogP contribution in [0.4, 0.5) is 0 Å². The summed E-state index contributed by atoms with van der Waals surface area (Å²) < 4.78 is 11.6. The number of carboxylic acids is 1. The summed E-state index contributed by atoms with van der Waals surface area (Å²) in [5, 5.41) is 12.9. The average molecular weight is 392 g/mol. The zero-order chi connectivity index (χ0) is 19.8. The molecular weight excluding hydrogens is 366 g/mol. The van der Waals surface area contributed by atoms with Gasteiger partial charge in [0.2, 0.25) is 0 Å². The van der Waals surface area contributed by atoms with Crippen molar-refractivity contribution in [3.63, 3.8) is 0 Å². The largest absolute Gasteiger partial charge is 0.490 e. The molecule has 0 saturated heterocycles. The molecule has 2 aromatic carbocycles. The van der Waals surface area contributed by atoms with Crippen LogP contribution in [0.3, 0.4) is 0 Å². The lowest BCUT2D eigenvalue weighted by atomic mass is 10.0. The number of rotatable bonds is 10. The Hall–Kier alpha value is -2.24. The maximum absolute atomic E-state index is 11.4. The topological polar surface area (TPSA) is 67.8 Å². The van der Waals surface area contributed by atoms with E-state index < -0.39 is 12.0 Å². The van der Waals surface area contributed by atoms with E-state index in [2.05, 4.69) is 5.32 Å². The Morgan fingerprint density at radius 2 is 1.81 bits per heavy atom. The number of benzene rings is 2. The molecule has 1 atom stereocenters. The number of ether oxygens (including phenoxy) is 2. The first-order valence-corrected chi connectivity index (χ1v) is 9.38. The van der Waals surface area contributed by atoms with Gasteiger partial charge in [-0.1, -0.05) is 55.8 Å². The molecule has 2 aromatic rings. The third-order valence-electron chi connectivity index (χ3n) is 4.09. The van der Waals surface area contributed by atoms with Gasteiger partial charge in [-0.2, -0.15) is 0 Å². The summed E-state index contributed by atoms with van der Waals surface area (Å²) in [6, 6.07) is 12.7. The third kappa shape index (κ3) is 6.15. The van der Waals surface area contributed by atoms with Crippen LogP contribution in [-0.2, 0) is 17.9 Å². The summed E-state index contributed by atoms with van der Waals surface area (Å²) in [4.78, 5) is 11.4. The molecule has 1 unspecified atom stereocenters. The molecular formula is C21H26ClNO4. The number of hydrogen-bond acceptors (Lipinski definition) is 4. The van der Waals surface area contributed by atoms with Crippen LogP contribution in [0.5, 0.6) is 11.5 Å². The number of aliphatic carboxylic acids is 1. The van der Waals surface area contributed by atoms with Gasteiger partial charge in [0.15, 0.2) is 11.5 Å². The van der Waals surface area contributed by atoms with Crippen LogP contribution in [0.15, 0.2) is 42.5 Å². The minimum absolute atomic E-state index is 0.0406. The van der Waals surface area contributed by atoms with Crippen molar-refractivity contribution in [2.75, 3.05) is 6.61 Å². The van der Waals surface area contributed by atoms with Crippen LogP contribution < -0.4 is 14.8 Å². The van der Waals surface area contributed by atoms with E-state index >= 15 is 0 Å². The number of carboxylic acid groups (broad SMARTS) is 1. The van der Waals surface area contributed by atoms with E-state index in [0.29, 0.717) is 36.3 Å². The second-order valence-corrected chi connectivity index (χ2v) is 6.95. The van der Waals surface area contributed by atoms with E-state index in [1.807, 2.05) is 51.1 Å². The van der Waals surface area contributed by atoms with Gasteiger partial charge in [-0.05, 0) is 30.0 Å². The molecule has 0 amide bonds. The van der Waals surface area contributed by atoms with Crippen molar-refractivity contribution in [2.45, 2.75) is 40.0 Å². The highest BCUT2D eigenvalue weighted by Gasteiger charge is 2.21. The number of hydrogen-bond donors (Lipinski definition) is 2. The molecule has 146 valence electrons. The Balaban J connectivity index is 2.15. The van der Waals surface area contributed by atoms with E-state index in [4.69, 9.17) is 21.1 Å². The molecule has 5 nitrogen and oxygen atoms in total. The van der Waals surface area contributed by atoms with Crippen molar-refractivity contribution in [3.05, 3.63) is 58.6 Å². The quantitative estimate of drug-likeness (QED) is 0.623. The predicted molar refractivity (Wildman–Crippen MR) is 106 cm³/mol. The summed E-state index contributed by atoms with van der Waals surface area (Å²) in [5.41, 5.74) is 1.81. The summed E-state index contributed by atoms with van der Waals surface area (Å²) in [6.07, 6.45) is 0. The molecule has 0 heterocycles. The second kappa shape index (κ2) is 10.2. The Bertz CT molecular complexity index is 749. The first-order chi connectivity index (χ1) is 12.9. The van der Waals surface area contributed by atoms with Crippen LogP contribution >= 0.6 is 11.6 Å². The fourth-order valence-electron chi connectivity index (χ4n) is 2.66. The zero-order valence-electron chi connectivity index (χ0n) is 15.9. The minimum atomic E-state index is -0.881. The van der Waals surface area contributed by atoms with Crippen molar-refractivity contribution in [2.24, 2.45) is 5.92 Å². The fraction of sp³-hybridized carbons (Fsp3) is 0.381. The molecule has 2 N–H and O–H groups in total. The van der Waals surface area contributed by atoms with E-state index in [1.165, 1.54) is 0 Å². The van der Waals surface area contributed by atoms with Crippen LogP contribution in [0.25, 0.3) is 0 Å². The van der Waals surface area contributed by atoms with Gasteiger partial charge in [0.25, 0.3) is 0 Å². The van der Waals surface area contributed by atoms with E-state index in [0.717, 1.165) is 11.1 Å². The van der Waals surface area contributed by atoms with Crippen LogP contribution in [0.1, 0.15) is 31.9 Å². The first-order valence-electron chi connectivity index (χ1n) is 9.00. The van der Waals surface area contributed by atoms with Gasteiger partial charge in [-0.15, -0.1) is 0 Å². The van der Waals surface area contributed by atoms with Crippen LogP contribution in [0, 0.1) is 5.92 Å². The molecule has 0 fully saturated rings. The van der Waals surface area contributed by atoms with Gasteiger partial charge < -0.3 is 19.9 Å². The number of nitrogens with one attached hydrogen (secondary N) is 1. The van der Waals surface area contributed by atoms with E-state index in [9.17, 15) is 9.90 Å². The third-order valence-corrected chi connectivity index (χ3v) is 4.45. The van der Waals surface area contributed by atoms with E-state index in [1.54, 1.807) is 12.1 Å². The smallest absolute Gasteiger partial charge is 0.320 e. The lowest BCUT2D eigenvalue weighted by Gasteiger charge is -2.19. The molecule has 0 aliphatic rings. The van der Waals surface area contributed by atoms with Crippen molar-refractivity contribution < 1.29 is 19.4 Å². The van der Waals surface area contributed by atoms with Gasteiger partial charge in [0.1, 0.15) is 12.6 Å². The molecule has 2 rings (SSSR count). The van der Waals surface area contributed by atoms with Gasteiger partial charge in [0.05, 0.1) is 6.61 Å². The van der Waals surface area contributed by atoms with Crippen molar-refractivity contribution in [1.29, 1.82) is 0 Å². The minimum Gasteiger partial charge on any atom is -0.490 e. The molecule has 0 spiro atoms. The average Bonchev–Trinajstić information content (AvgIpc) is 2.63. The highest BCUT2D eigenvalue weighted by Crippen LogP contribution is 2.34. The summed E-state index contributed by atoms with van der Waals surface area (Å²) in [6.45, 7) is 6.84.